The lowest BCUT2D eigenvalue weighted by Gasteiger charge is -2.11. The molecule has 0 fully saturated rings. The van der Waals surface area contributed by atoms with Gasteiger partial charge in [-0.1, -0.05) is 36.4 Å². The van der Waals surface area contributed by atoms with Crippen molar-refractivity contribution < 1.29 is 0 Å². The Morgan fingerprint density at radius 3 is 2.12 bits per heavy atom. The van der Waals surface area contributed by atoms with Gasteiger partial charge in [-0.25, -0.2) is 9.97 Å². The maximum atomic E-state index is 4.80. The average Bonchev–Trinajstić information content (AvgIpc) is 3.57. The highest BCUT2D eigenvalue weighted by Gasteiger charge is 2.15. The Balaban J connectivity index is 1.40. The summed E-state index contributed by atoms with van der Waals surface area (Å²) in [5, 5.41) is 6.72. The van der Waals surface area contributed by atoms with Crippen LogP contribution in [0.2, 0.25) is 0 Å². The van der Waals surface area contributed by atoms with Gasteiger partial charge in [0.25, 0.3) is 0 Å². The number of rotatable bonds is 6. The summed E-state index contributed by atoms with van der Waals surface area (Å²) in [6.07, 6.45) is 7.21. The molecule has 6 aromatic rings. The molecular weight excluding hydrogens is 424 g/mol. The summed E-state index contributed by atoms with van der Waals surface area (Å²) in [5.41, 5.74) is 5.19. The average molecular weight is 445 g/mol. The Morgan fingerprint density at radius 1 is 0.647 bits per heavy atom. The minimum Gasteiger partial charge on any atom is -0.338 e. The van der Waals surface area contributed by atoms with E-state index in [4.69, 9.17) is 9.97 Å². The molecule has 0 saturated carbocycles. The number of aromatic nitrogens is 6. The maximum Gasteiger partial charge on any atom is 0.231 e. The highest BCUT2D eigenvalue weighted by atomic mass is 15.2. The van der Waals surface area contributed by atoms with Crippen LogP contribution in [0.15, 0.2) is 110 Å². The van der Waals surface area contributed by atoms with Crippen LogP contribution in [-0.4, -0.2) is 29.1 Å². The van der Waals surface area contributed by atoms with Gasteiger partial charge >= 0.3 is 0 Å². The summed E-state index contributed by atoms with van der Waals surface area (Å²) in [6, 6.07) is 27.9. The van der Waals surface area contributed by atoms with Gasteiger partial charge in [-0.2, -0.15) is 9.97 Å². The first-order valence-corrected chi connectivity index (χ1v) is 10.8. The molecule has 3 aromatic heterocycles. The standard InChI is InChI=1S/C26H20N8/c1-3-7-19(8-4-1)29-24-23-25(34(18-28-23)22-9-5-2-6-10-22)32-26(31-24)30-20-11-13-21(14-12-20)33-16-15-27-17-33/h1-18H,(H2,29,30,31,32). The molecule has 8 nitrogen and oxygen atoms in total. The van der Waals surface area contributed by atoms with Crippen molar-refractivity contribution in [2.75, 3.05) is 10.6 Å². The number of nitrogens with zero attached hydrogens (tertiary/aromatic N) is 6. The van der Waals surface area contributed by atoms with Gasteiger partial charge in [-0.15, -0.1) is 0 Å². The molecule has 0 radical (unpaired) electrons. The van der Waals surface area contributed by atoms with Crippen molar-refractivity contribution in [3.63, 3.8) is 0 Å². The highest BCUT2D eigenvalue weighted by Crippen LogP contribution is 2.27. The Bertz CT molecular complexity index is 1520. The SMILES string of the molecule is c1ccc(Nc2nc(Nc3ccc(-n4ccnc4)cc3)nc3c2ncn3-c2ccccc2)cc1. The summed E-state index contributed by atoms with van der Waals surface area (Å²) in [6.45, 7) is 0. The van der Waals surface area contributed by atoms with E-state index in [1.165, 1.54) is 0 Å². The molecule has 6 rings (SSSR count). The molecule has 0 atom stereocenters. The third-order valence-corrected chi connectivity index (χ3v) is 5.39. The number of hydrogen-bond donors (Lipinski definition) is 2. The molecule has 3 heterocycles. The van der Waals surface area contributed by atoms with Crippen molar-refractivity contribution in [3.05, 3.63) is 110 Å². The third kappa shape index (κ3) is 3.84. The molecule has 3 aromatic carbocycles. The first-order valence-electron chi connectivity index (χ1n) is 10.8. The lowest BCUT2D eigenvalue weighted by molar-refractivity contribution is 1.05. The molecule has 34 heavy (non-hydrogen) atoms. The molecule has 0 spiro atoms. The van der Waals surface area contributed by atoms with Gasteiger partial charge in [-0.05, 0) is 48.5 Å². The van der Waals surface area contributed by atoms with Gasteiger partial charge in [0.1, 0.15) is 6.33 Å². The highest BCUT2D eigenvalue weighted by molar-refractivity contribution is 5.88. The zero-order valence-corrected chi connectivity index (χ0v) is 18.1. The summed E-state index contributed by atoms with van der Waals surface area (Å²) in [7, 11) is 0. The zero-order valence-electron chi connectivity index (χ0n) is 18.1. The number of imidazole rings is 2. The van der Waals surface area contributed by atoms with E-state index >= 15 is 0 Å². The van der Waals surface area contributed by atoms with Crippen molar-refractivity contribution >= 4 is 34.3 Å². The van der Waals surface area contributed by atoms with Crippen molar-refractivity contribution in [2.24, 2.45) is 0 Å². The van der Waals surface area contributed by atoms with Crippen molar-refractivity contribution in [3.8, 4) is 11.4 Å². The monoisotopic (exact) mass is 444 g/mol. The molecule has 0 amide bonds. The Hall–Kier alpha value is -4.98. The summed E-state index contributed by atoms with van der Waals surface area (Å²) in [5.74, 6) is 1.10. The molecule has 0 bridgehead atoms. The van der Waals surface area contributed by atoms with Crippen LogP contribution >= 0.6 is 0 Å². The van der Waals surface area contributed by atoms with Crippen molar-refractivity contribution in [1.29, 1.82) is 0 Å². The van der Waals surface area contributed by atoms with Gasteiger partial charge in [0.05, 0.1) is 6.33 Å². The topological polar surface area (TPSA) is 85.5 Å². The van der Waals surface area contributed by atoms with Gasteiger partial charge in [-0.3, -0.25) is 4.57 Å². The molecule has 2 N–H and O–H groups in total. The molecule has 0 unspecified atom stereocenters. The Kier molecular flexibility index (Phi) is 4.93. The zero-order chi connectivity index (χ0) is 22.7. The summed E-state index contributed by atoms with van der Waals surface area (Å²) >= 11 is 0. The van der Waals surface area contributed by atoms with Crippen molar-refractivity contribution in [2.45, 2.75) is 0 Å². The predicted molar refractivity (Wildman–Crippen MR) is 133 cm³/mol. The van der Waals surface area contributed by atoms with Crippen LogP contribution in [-0.2, 0) is 0 Å². The van der Waals surface area contributed by atoms with Crippen LogP contribution in [0.25, 0.3) is 22.5 Å². The van der Waals surface area contributed by atoms with E-state index in [-0.39, 0.29) is 0 Å². The second-order valence-electron chi connectivity index (χ2n) is 7.65. The van der Waals surface area contributed by atoms with E-state index in [9.17, 15) is 0 Å². The van der Waals surface area contributed by atoms with Crippen molar-refractivity contribution in [1.82, 2.24) is 29.1 Å². The van der Waals surface area contributed by atoms with Gasteiger partial charge in [0.15, 0.2) is 17.0 Å². The van der Waals surface area contributed by atoms with Crippen LogP contribution in [0.1, 0.15) is 0 Å². The fraction of sp³-hybridized carbons (Fsp3) is 0. The number of para-hydroxylation sites is 2. The third-order valence-electron chi connectivity index (χ3n) is 5.39. The summed E-state index contributed by atoms with van der Waals surface area (Å²) in [4.78, 5) is 18.3. The molecular formula is C26H20N8. The van der Waals surface area contributed by atoms with Crippen LogP contribution in [0.5, 0.6) is 0 Å². The number of benzene rings is 3. The lowest BCUT2D eigenvalue weighted by Crippen LogP contribution is -2.04. The molecule has 8 heteroatoms. The Labute approximate surface area is 195 Å². The van der Waals surface area contributed by atoms with E-state index in [0.29, 0.717) is 22.9 Å². The second-order valence-corrected chi connectivity index (χ2v) is 7.65. The van der Waals surface area contributed by atoms with E-state index in [2.05, 4.69) is 20.6 Å². The van der Waals surface area contributed by atoms with E-state index in [1.54, 1.807) is 18.9 Å². The lowest BCUT2D eigenvalue weighted by atomic mass is 10.3. The molecule has 164 valence electrons. The van der Waals surface area contributed by atoms with Crippen LogP contribution in [0.3, 0.4) is 0 Å². The van der Waals surface area contributed by atoms with Crippen LogP contribution < -0.4 is 10.6 Å². The smallest absolute Gasteiger partial charge is 0.231 e. The fourth-order valence-corrected chi connectivity index (χ4v) is 3.74. The minimum atomic E-state index is 0.471. The number of hydrogen-bond acceptors (Lipinski definition) is 6. The van der Waals surface area contributed by atoms with Crippen LogP contribution in [0, 0.1) is 0 Å². The second kappa shape index (κ2) is 8.51. The van der Waals surface area contributed by atoms with E-state index in [0.717, 1.165) is 22.7 Å². The fourth-order valence-electron chi connectivity index (χ4n) is 3.74. The van der Waals surface area contributed by atoms with Gasteiger partial charge in [0.2, 0.25) is 5.95 Å². The molecule has 0 aliphatic heterocycles. The molecule has 0 saturated heterocycles. The summed E-state index contributed by atoms with van der Waals surface area (Å²) < 4.78 is 3.91. The first-order chi connectivity index (χ1) is 16.8. The van der Waals surface area contributed by atoms with Gasteiger partial charge in [0, 0.05) is 35.1 Å². The first kappa shape index (κ1) is 19.7. The Morgan fingerprint density at radius 2 is 1.38 bits per heavy atom. The number of fused-ring (bicyclic) bond motifs is 1. The van der Waals surface area contributed by atoms with Crippen LogP contribution in [0.4, 0.5) is 23.1 Å². The molecule has 0 aliphatic rings. The maximum absolute atomic E-state index is 4.80. The normalized spacial score (nSPS) is 10.9. The largest absolute Gasteiger partial charge is 0.338 e. The van der Waals surface area contributed by atoms with E-state index in [1.807, 2.05) is 100 Å². The predicted octanol–water partition coefficient (Wildman–Crippen LogP) is 5.49. The van der Waals surface area contributed by atoms with Gasteiger partial charge < -0.3 is 15.2 Å². The number of anilines is 4. The quantitative estimate of drug-likeness (QED) is 0.353. The minimum absolute atomic E-state index is 0.471. The van der Waals surface area contributed by atoms with E-state index < -0.39 is 0 Å². The molecule has 0 aliphatic carbocycles. The number of nitrogens with one attached hydrogen (secondary N) is 2.